The molecule has 0 amide bonds. The van der Waals surface area contributed by atoms with Gasteiger partial charge < -0.3 is 19.6 Å². The number of fused-ring (bicyclic) bond motifs is 4. The number of halogens is 2. The molecule has 11 heteroatoms. The molecule has 0 radical (unpaired) electrons. The highest BCUT2D eigenvalue weighted by molar-refractivity contribution is 7.88. The predicted octanol–water partition coefficient (Wildman–Crippen LogP) is 3.34. The number of nitrogens with one attached hydrogen (secondary N) is 1. The third kappa shape index (κ3) is 3.87. The molecule has 2 aromatic carbocycles. The first-order valence-electron chi connectivity index (χ1n) is 10.8. The molecule has 0 aromatic heterocycles. The van der Waals surface area contributed by atoms with Gasteiger partial charge in [-0.1, -0.05) is 24.3 Å². The van der Waals surface area contributed by atoms with Crippen molar-refractivity contribution in [3.63, 3.8) is 0 Å². The molecule has 5 rings (SSSR count). The quantitative estimate of drug-likeness (QED) is 0.684. The molecule has 1 fully saturated rings. The smallest absolute Gasteiger partial charge is 0.387 e. The second kappa shape index (κ2) is 8.40. The zero-order chi connectivity index (χ0) is 24.1. The molecule has 3 heterocycles. The van der Waals surface area contributed by atoms with Crippen LogP contribution in [0, 0.1) is 0 Å². The lowest BCUT2D eigenvalue weighted by Crippen LogP contribution is -2.64. The standard InChI is InChI=1S/C23H25F2N3O5S/c1-31-20-9-5-7-16-18-14-17(15-6-3-4-8-19(15)32-22(24)25)26-28(18)23(33-21(16)20)10-12-27(13-11-23)34(2,29)30/h3-9,14,18,22,26H,10-13H2,1-2H3/t18-/m0/s1. The van der Waals surface area contributed by atoms with Crippen LogP contribution in [0.3, 0.4) is 0 Å². The molecule has 0 aliphatic carbocycles. The van der Waals surface area contributed by atoms with Gasteiger partial charge >= 0.3 is 6.61 Å². The number of methoxy groups -OCH3 is 1. The van der Waals surface area contributed by atoms with E-state index in [1.54, 1.807) is 25.3 Å². The van der Waals surface area contributed by atoms with Crippen molar-refractivity contribution in [2.75, 3.05) is 26.5 Å². The van der Waals surface area contributed by atoms with Gasteiger partial charge in [0.2, 0.25) is 10.0 Å². The van der Waals surface area contributed by atoms with Crippen LogP contribution in [0.2, 0.25) is 0 Å². The highest BCUT2D eigenvalue weighted by atomic mass is 32.2. The van der Waals surface area contributed by atoms with E-state index in [1.807, 2.05) is 29.3 Å². The van der Waals surface area contributed by atoms with Gasteiger partial charge in [-0.25, -0.2) is 12.7 Å². The Bertz CT molecular complexity index is 1230. The van der Waals surface area contributed by atoms with Crippen molar-refractivity contribution in [2.24, 2.45) is 0 Å². The van der Waals surface area contributed by atoms with Gasteiger partial charge in [-0.2, -0.15) is 13.8 Å². The van der Waals surface area contributed by atoms with Gasteiger partial charge in [0.1, 0.15) is 5.75 Å². The number of hydrogen-bond donors (Lipinski definition) is 1. The highest BCUT2D eigenvalue weighted by Gasteiger charge is 2.53. The first-order chi connectivity index (χ1) is 16.2. The minimum absolute atomic E-state index is 0.0591. The summed E-state index contributed by atoms with van der Waals surface area (Å²) in [6, 6.07) is 11.9. The number of sulfonamides is 1. The lowest BCUT2D eigenvalue weighted by Gasteiger charge is -2.51. The van der Waals surface area contributed by atoms with Gasteiger partial charge in [-0.05, 0) is 24.3 Å². The van der Waals surface area contributed by atoms with E-state index in [1.165, 1.54) is 16.6 Å². The predicted molar refractivity (Wildman–Crippen MR) is 121 cm³/mol. The molecule has 2 aromatic rings. The largest absolute Gasteiger partial charge is 0.493 e. The maximum atomic E-state index is 13.0. The summed E-state index contributed by atoms with van der Waals surface area (Å²) in [5, 5.41) is 1.95. The van der Waals surface area contributed by atoms with E-state index < -0.39 is 22.4 Å². The van der Waals surface area contributed by atoms with Gasteiger partial charge in [0.15, 0.2) is 17.2 Å². The number of hydrogen-bond acceptors (Lipinski definition) is 7. The Hall–Kier alpha value is -2.89. The van der Waals surface area contributed by atoms with Crippen LogP contribution in [-0.2, 0) is 10.0 Å². The van der Waals surface area contributed by atoms with Crippen LogP contribution in [0.4, 0.5) is 8.78 Å². The van der Waals surface area contributed by atoms with Crippen molar-refractivity contribution < 1.29 is 31.4 Å². The van der Waals surface area contributed by atoms with Crippen molar-refractivity contribution in [1.82, 2.24) is 14.7 Å². The fourth-order valence-corrected chi connectivity index (χ4v) is 5.72. The number of hydrazine groups is 1. The molecule has 182 valence electrons. The van der Waals surface area contributed by atoms with E-state index in [-0.39, 0.29) is 24.9 Å². The molecule has 0 bridgehead atoms. The Labute approximate surface area is 196 Å². The van der Waals surface area contributed by atoms with Gasteiger partial charge in [0, 0.05) is 37.1 Å². The van der Waals surface area contributed by atoms with Gasteiger partial charge in [-0.3, -0.25) is 0 Å². The average Bonchev–Trinajstić information content (AvgIpc) is 3.25. The molecule has 0 unspecified atom stereocenters. The topological polar surface area (TPSA) is 80.3 Å². The molecule has 1 atom stereocenters. The van der Waals surface area contributed by atoms with Crippen molar-refractivity contribution in [3.05, 3.63) is 59.7 Å². The second-order valence-corrected chi connectivity index (χ2v) is 10.5. The van der Waals surface area contributed by atoms with E-state index in [2.05, 4.69) is 5.43 Å². The highest BCUT2D eigenvalue weighted by Crippen LogP contribution is 2.52. The fourth-order valence-electron chi connectivity index (χ4n) is 4.88. The molecule has 34 heavy (non-hydrogen) atoms. The fraction of sp³-hybridized carbons (Fsp3) is 0.391. The van der Waals surface area contributed by atoms with E-state index in [0.717, 1.165) is 5.56 Å². The van der Waals surface area contributed by atoms with Gasteiger partial charge in [0.25, 0.3) is 0 Å². The van der Waals surface area contributed by atoms with Crippen LogP contribution < -0.4 is 19.6 Å². The zero-order valence-corrected chi connectivity index (χ0v) is 19.5. The first-order valence-corrected chi connectivity index (χ1v) is 12.7. The number of para-hydroxylation sites is 2. The summed E-state index contributed by atoms with van der Waals surface area (Å²) in [5.41, 5.74) is 4.43. The number of rotatable bonds is 5. The Morgan fingerprint density at radius 2 is 1.82 bits per heavy atom. The Morgan fingerprint density at radius 1 is 1.12 bits per heavy atom. The first kappa shape index (κ1) is 22.9. The number of benzene rings is 2. The van der Waals surface area contributed by atoms with E-state index in [4.69, 9.17) is 14.2 Å². The van der Waals surface area contributed by atoms with Crippen molar-refractivity contribution in [3.8, 4) is 17.2 Å². The number of ether oxygens (including phenoxy) is 3. The summed E-state index contributed by atoms with van der Waals surface area (Å²) < 4.78 is 68.5. The normalized spacial score (nSPS) is 21.9. The summed E-state index contributed by atoms with van der Waals surface area (Å²) in [4.78, 5) is 0. The number of alkyl halides is 2. The summed E-state index contributed by atoms with van der Waals surface area (Å²) in [7, 11) is -1.77. The van der Waals surface area contributed by atoms with Gasteiger partial charge in [-0.15, -0.1) is 0 Å². The van der Waals surface area contributed by atoms with E-state index in [9.17, 15) is 17.2 Å². The lowest BCUT2D eigenvalue weighted by molar-refractivity contribution is -0.154. The van der Waals surface area contributed by atoms with E-state index >= 15 is 0 Å². The average molecular weight is 494 g/mol. The number of piperidine rings is 1. The molecule has 1 N–H and O–H groups in total. The molecule has 3 aliphatic rings. The molecule has 1 saturated heterocycles. The minimum Gasteiger partial charge on any atom is -0.493 e. The molecule has 0 saturated carbocycles. The van der Waals surface area contributed by atoms with Crippen LogP contribution in [0.1, 0.15) is 30.0 Å². The second-order valence-electron chi connectivity index (χ2n) is 8.47. The zero-order valence-electron chi connectivity index (χ0n) is 18.7. The van der Waals surface area contributed by atoms with Crippen molar-refractivity contribution in [2.45, 2.75) is 31.2 Å². The van der Waals surface area contributed by atoms with Crippen LogP contribution in [0.5, 0.6) is 17.2 Å². The molecular formula is C23H25F2N3O5S. The van der Waals surface area contributed by atoms with Crippen LogP contribution in [-0.4, -0.2) is 56.5 Å². The van der Waals surface area contributed by atoms with Crippen LogP contribution >= 0.6 is 0 Å². The monoisotopic (exact) mass is 493 g/mol. The molecule has 8 nitrogen and oxygen atoms in total. The SMILES string of the molecule is COc1cccc2c1OC1(CCN(S(C)(=O)=O)CC1)N1NC(c3ccccc3OC(F)F)=C[C@@H]21. The maximum Gasteiger partial charge on any atom is 0.387 e. The molecule has 1 spiro atoms. The number of nitrogens with zero attached hydrogens (tertiary/aromatic N) is 2. The third-order valence-electron chi connectivity index (χ3n) is 6.49. The Balaban J connectivity index is 1.57. The summed E-state index contributed by atoms with van der Waals surface area (Å²) in [5.74, 6) is 1.23. The summed E-state index contributed by atoms with van der Waals surface area (Å²) in [6.45, 7) is -2.38. The Kier molecular flexibility index (Phi) is 5.65. The third-order valence-corrected chi connectivity index (χ3v) is 7.79. The Morgan fingerprint density at radius 3 is 2.50 bits per heavy atom. The molecule has 3 aliphatic heterocycles. The van der Waals surface area contributed by atoms with Crippen molar-refractivity contribution >= 4 is 15.7 Å². The van der Waals surface area contributed by atoms with Gasteiger partial charge in [0.05, 0.1) is 25.1 Å². The van der Waals surface area contributed by atoms with E-state index in [0.29, 0.717) is 35.6 Å². The lowest BCUT2D eigenvalue weighted by atomic mass is 9.93. The van der Waals surface area contributed by atoms with Crippen LogP contribution in [0.25, 0.3) is 5.70 Å². The summed E-state index contributed by atoms with van der Waals surface area (Å²) >= 11 is 0. The summed E-state index contributed by atoms with van der Waals surface area (Å²) in [6.07, 6.45) is 3.94. The maximum absolute atomic E-state index is 13.0. The minimum atomic E-state index is -3.33. The van der Waals surface area contributed by atoms with Crippen LogP contribution in [0.15, 0.2) is 48.5 Å². The molecular weight excluding hydrogens is 468 g/mol. The van der Waals surface area contributed by atoms with Crippen molar-refractivity contribution in [1.29, 1.82) is 0 Å².